The lowest BCUT2D eigenvalue weighted by molar-refractivity contribution is -0.896. The normalized spacial score (nSPS) is 11.6. The molecule has 0 bridgehead atoms. The minimum absolute atomic E-state index is 0.685. The molecule has 0 saturated carbocycles. The van der Waals surface area contributed by atoms with Gasteiger partial charge in [-0.05, 0) is 246 Å². The predicted molar refractivity (Wildman–Crippen MR) is 457 cm³/mol. The molecule has 14 heteroatoms. The van der Waals surface area contributed by atoms with Gasteiger partial charge in [0.05, 0.1) is 192 Å². The average Bonchev–Trinajstić information content (AvgIpc) is 1.17. The molecule has 0 rings (SSSR count). The molecular weight excluding hydrogens is 1180 g/mol. The zero-order chi connectivity index (χ0) is 81.2. The smallest absolute Gasteiger partial charge is 0.0878 e. The van der Waals surface area contributed by atoms with Crippen molar-refractivity contribution in [2.75, 3.05) is 299 Å². The summed E-state index contributed by atoms with van der Waals surface area (Å²) in [6.45, 7) is 61.6. The van der Waals surface area contributed by atoms with E-state index in [-0.39, 0.29) is 0 Å². The van der Waals surface area contributed by atoms with Crippen molar-refractivity contribution in [1.29, 1.82) is 0 Å². The van der Waals surface area contributed by atoms with E-state index in [1.807, 2.05) is 0 Å². The van der Waals surface area contributed by atoms with Crippen LogP contribution >= 0.6 is 0 Å². The van der Waals surface area contributed by atoms with Gasteiger partial charge in [0.2, 0.25) is 0 Å². The van der Waals surface area contributed by atoms with E-state index in [4.69, 9.17) is 0 Å². The Labute approximate surface area is 619 Å². The first-order chi connectivity index (χ1) is 42.7. The molecule has 0 aliphatic heterocycles. The van der Waals surface area contributed by atoms with Crippen LogP contribution in [-0.2, 0) is 0 Å². The first-order valence-electron chi connectivity index (χ1n) is 38.9. The summed E-state index contributed by atoms with van der Waals surface area (Å²) in [7, 11) is 73.5. The Balaban J connectivity index is -0.0000000632. The van der Waals surface area contributed by atoms with E-state index in [0.29, 0.717) is 12.1 Å². The third kappa shape index (κ3) is 152. The SMILES string of the molecule is CC(C)N(C)C.CC(C)N(C)C.CC(C)[N+](C)(C)C.CC(C)[N+](C)(C)C.CCC(CC)CN(C)C.CCC(CC)C[N+](C)(C)C.CCC(CC)N(C)C.CCC(CC)[N+](C)(C)C.CCN(C)C.CCN(C)C.CCN(C)C.CC[N+](C)(C)C.CC[N+](C)(C)C.CC[N+](C)(C)CC. The standard InChI is InChI=1S/C9H22N.C8H20N.C8H19N.C7H17N.3C6H16N.2C5H14N.2C5H13N.3C4H11N/c1-6-9(7-2)8-10(3,4)5;1-6-8(7-2)9(3,4)5;1-5-8(6-2)7-9(3)4;1-5-7(6-2)8(3)4;2*1-6(2)7(3,4)5;1-5-7(3,4)6-2;2*1-5-6(2,3)4;2*1-5(2)6(3)4;3*1-4-5(2)3/h9H,6-8H2,1-5H3;8H,6-7H2,1-5H3;8H,5-7H2,1-4H3;7H,5-6H2,1-4H3;2*6H,1-5H3;5-6H2,1-4H3;2*5H2,1-4H3;2*5H,1-4H3;3*4H2,1-3H3/q2*+1;;;5*+1;;;;;. The number of hydrogen-bond donors (Lipinski definition) is 0. The maximum absolute atomic E-state index is 2.28. The van der Waals surface area contributed by atoms with E-state index in [1.165, 1.54) is 90.6 Å². The van der Waals surface area contributed by atoms with E-state index < -0.39 is 0 Å². The van der Waals surface area contributed by atoms with Gasteiger partial charge in [-0.3, -0.25) is 0 Å². The second kappa shape index (κ2) is 77.1. The molecule has 96 heavy (non-hydrogen) atoms. The van der Waals surface area contributed by atoms with E-state index in [0.717, 1.165) is 87.0 Å². The van der Waals surface area contributed by atoms with Crippen molar-refractivity contribution >= 4 is 0 Å². The third-order valence-corrected chi connectivity index (χ3v) is 18.1. The van der Waals surface area contributed by atoms with Crippen LogP contribution in [-0.4, -0.2) is 400 Å². The molecule has 0 aromatic carbocycles. The Kier molecular flexibility index (Phi) is 103. The molecule has 0 aromatic heterocycles. The van der Waals surface area contributed by atoms with Crippen molar-refractivity contribution in [3.8, 4) is 0 Å². The van der Waals surface area contributed by atoms with Crippen molar-refractivity contribution in [2.24, 2.45) is 11.8 Å². The highest BCUT2D eigenvalue weighted by Gasteiger charge is 2.19. The van der Waals surface area contributed by atoms with Gasteiger partial charge in [0.25, 0.3) is 0 Å². The predicted octanol–water partition coefficient (Wildman–Crippen LogP) is 16.1. The van der Waals surface area contributed by atoms with E-state index in [9.17, 15) is 0 Å². The largest absolute Gasteiger partial charge is 0.331 e. The highest BCUT2D eigenvalue weighted by atomic mass is 15.3. The van der Waals surface area contributed by atoms with Crippen LogP contribution < -0.4 is 0 Å². The van der Waals surface area contributed by atoms with E-state index in [2.05, 4.69) is 433 Å². The van der Waals surface area contributed by atoms with Crippen molar-refractivity contribution in [3.05, 3.63) is 0 Å². The molecule has 0 N–H and O–H groups in total. The summed E-state index contributed by atoms with van der Waals surface area (Å²) in [6, 6.07) is 4.47. The fraction of sp³-hybridized carbons (Fsp3) is 1.00. The molecule has 0 radical (unpaired) electrons. The molecule has 0 atom stereocenters. The lowest BCUT2D eigenvalue weighted by Crippen LogP contribution is -2.44. The summed E-state index contributed by atoms with van der Waals surface area (Å²) >= 11 is 0. The molecule has 0 saturated heterocycles. The molecule has 0 heterocycles. The second-order valence-corrected chi connectivity index (χ2v) is 35.6. The summed E-state index contributed by atoms with van der Waals surface area (Å²) in [5.74, 6) is 1.82. The van der Waals surface area contributed by atoms with Crippen LogP contribution in [0.15, 0.2) is 0 Å². The molecule has 604 valence electrons. The zero-order valence-corrected chi connectivity index (χ0v) is 79.9. The van der Waals surface area contributed by atoms with Crippen LogP contribution in [0.3, 0.4) is 0 Å². The zero-order valence-electron chi connectivity index (χ0n) is 79.9. The summed E-state index contributed by atoms with van der Waals surface area (Å²) in [5.41, 5.74) is 0. The molecule has 0 unspecified atom stereocenters. The highest BCUT2D eigenvalue weighted by molar-refractivity contribution is 4.60. The van der Waals surface area contributed by atoms with Gasteiger partial charge >= 0.3 is 0 Å². The lowest BCUT2D eigenvalue weighted by atomic mass is 10.0. The van der Waals surface area contributed by atoms with Gasteiger partial charge in [-0.2, -0.15) is 0 Å². The van der Waals surface area contributed by atoms with Crippen LogP contribution in [0.2, 0.25) is 0 Å². The van der Waals surface area contributed by atoms with Crippen LogP contribution in [0, 0.1) is 11.8 Å². The van der Waals surface area contributed by atoms with Crippen LogP contribution in [0.5, 0.6) is 0 Å². The molecule has 0 fully saturated rings. The molecule has 0 aliphatic rings. The third-order valence-electron chi connectivity index (χ3n) is 18.1. The highest BCUT2D eigenvalue weighted by Crippen LogP contribution is 2.12. The van der Waals surface area contributed by atoms with Gasteiger partial charge in [-0.15, -0.1) is 0 Å². The minimum atomic E-state index is 0.685. The van der Waals surface area contributed by atoms with Gasteiger partial charge in [0.1, 0.15) is 0 Å². The summed E-state index contributed by atoms with van der Waals surface area (Å²) in [6.07, 6.45) is 10.4. The molecule has 0 spiro atoms. The van der Waals surface area contributed by atoms with Crippen LogP contribution in [0.4, 0.5) is 0 Å². The quantitative estimate of drug-likeness (QED) is 0.0839. The Bertz CT molecular complexity index is 1270. The van der Waals surface area contributed by atoms with Crippen molar-refractivity contribution in [3.63, 3.8) is 0 Å². The first-order valence-corrected chi connectivity index (χ1v) is 38.9. The Morgan fingerprint density at radius 3 is 0.469 bits per heavy atom. The van der Waals surface area contributed by atoms with E-state index in [1.54, 1.807) is 0 Å². The monoisotopic (exact) mass is 1390 g/mol. The fourth-order valence-corrected chi connectivity index (χ4v) is 5.01. The van der Waals surface area contributed by atoms with Gasteiger partial charge < -0.3 is 65.7 Å². The fourth-order valence-electron chi connectivity index (χ4n) is 5.01. The number of rotatable bonds is 25. The number of quaternary nitrogens is 7. The van der Waals surface area contributed by atoms with Gasteiger partial charge in [0.15, 0.2) is 0 Å². The van der Waals surface area contributed by atoms with E-state index >= 15 is 0 Å². The first kappa shape index (κ1) is 128. The molecule has 0 aromatic rings. The topological polar surface area (TPSA) is 22.7 Å². The van der Waals surface area contributed by atoms with Crippen LogP contribution in [0.1, 0.15) is 211 Å². The molecule has 0 amide bonds. The van der Waals surface area contributed by atoms with Gasteiger partial charge in [-0.1, -0.05) is 89.0 Å². The van der Waals surface area contributed by atoms with Crippen molar-refractivity contribution < 1.29 is 31.4 Å². The second-order valence-electron chi connectivity index (χ2n) is 35.6. The summed E-state index contributed by atoms with van der Waals surface area (Å²) < 4.78 is 7.60. The summed E-state index contributed by atoms with van der Waals surface area (Å²) in [5, 5.41) is 0. The van der Waals surface area contributed by atoms with Gasteiger partial charge in [0, 0.05) is 30.6 Å². The van der Waals surface area contributed by atoms with Crippen molar-refractivity contribution in [1.82, 2.24) is 34.3 Å². The number of nitrogens with zero attached hydrogens (tertiary/aromatic N) is 14. The van der Waals surface area contributed by atoms with Crippen molar-refractivity contribution in [2.45, 2.75) is 247 Å². The Morgan fingerprint density at radius 2 is 0.448 bits per heavy atom. The van der Waals surface area contributed by atoms with Crippen LogP contribution in [0.25, 0.3) is 0 Å². The lowest BCUT2D eigenvalue weighted by Gasteiger charge is -2.32. The minimum Gasteiger partial charge on any atom is -0.331 e. The Hall–Kier alpha value is -0.560. The summed E-state index contributed by atoms with van der Waals surface area (Å²) in [4.78, 5) is 15.2. The maximum Gasteiger partial charge on any atom is 0.0878 e. The number of hydrogen-bond acceptors (Lipinski definition) is 7. The molecule has 14 nitrogen and oxygen atoms in total. The maximum atomic E-state index is 2.28. The van der Waals surface area contributed by atoms with Gasteiger partial charge in [-0.25, -0.2) is 0 Å². The average molecular weight is 1400 g/mol. The molecular formula is C82H213N14+7. The molecule has 0 aliphatic carbocycles. The Morgan fingerprint density at radius 1 is 0.250 bits per heavy atom.